The molecule has 48 heavy (non-hydrogen) atoms. The summed E-state index contributed by atoms with van der Waals surface area (Å²) in [6.07, 6.45) is 4.90. The van der Waals surface area contributed by atoms with Gasteiger partial charge in [0.1, 0.15) is 11.6 Å². The lowest BCUT2D eigenvalue weighted by atomic mass is 9.62. The first-order chi connectivity index (χ1) is 23.1. The third-order valence-corrected chi connectivity index (χ3v) is 10.9. The monoisotopic (exact) mass is 656 g/mol. The van der Waals surface area contributed by atoms with Gasteiger partial charge >= 0.3 is 0 Å². The number of carbonyl (C=O) groups excluding carboxylic acids is 3. The van der Waals surface area contributed by atoms with E-state index in [1.807, 2.05) is 61.5 Å². The quantitative estimate of drug-likeness (QED) is 0.201. The Kier molecular flexibility index (Phi) is 10.8. The molecule has 1 N–H and O–H groups in total. The van der Waals surface area contributed by atoms with Crippen molar-refractivity contribution < 1.29 is 24.2 Å². The summed E-state index contributed by atoms with van der Waals surface area (Å²) >= 11 is 0. The van der Waals surface area contributed by atoms with Crippen molar-refractivity contribution in [2.24, 2.45) is 17.8 Å². The number of rotatable bonds is 16. The standard InChI is InChI=1S/C39H52N4O5/c1-7-22-41(27-29-16-12-11-13-17-29)35(45)32-33-36(46)43(24-14-15-25-44)34(39(33)26-28(5)38(32,6)48-39)37(47)42(23-8-2)31-20-18-30(19-21-31)40(9-3)10-4/h7-8,11-13,16-21,28,32-34,44H,1-2,9-10,14-15,22-27H2,3-6H3/t28?,32-,33-,34?,38+,39?/m0/s1. The fourth-order valence-corrected chi connectivity index (χ4v) is 8.45. The number of aliphatic hydroxyl groups is 1. The van der Waals surface area contributed by atoms with Crippen molar-refractivity contribution in [3.63, 3.8) is 0 Å². The van der Waals surface area contributed by atoms with Gasteiger partial charge in [-0.05, 0) is 75.8 Å². The minimum atomic E-state index is -1.17. The zero-order valence-corrected chi connectivity index (χ0v) is 29.0. The predicted octanol–water partition coefficient (Wildman–Crippen LogP) is 5.05. The van der Waals surface area contributed by atoms with Crippen molar-refractivity contribution in [3.8, 4) is 0 Å². The second kappa shape index (κ2) is 14.7. The Hall–Kier alpha value is -3.95. The number of hydrogen-bond acceptors (Lipinski definition) is 6. The SMILES string of the molecule is C=CCN(Cc1ccccc1)C(=O)[C@@H]1[C@H]2C(=O)N(CCCCO)C(C(=O)N(CC=C)c3ccc(N(CC)CC)cc3)C23CC(C)[C@@]1(C)O3. The molecule has 3 fully saturated rings. The number of aliphatic hydroxyl groups excluding tert-OH is 1. The summed E-state index contributed by atoms with van der Waals surface area (Å²) in [5, 5.41) is 9.59. The molecule has 3 aliphatic rings. The molecule has 9 heteroatoms. The molecule has 2 aromatic carbocycles. The van der Waals surface area contributed by atoms with Crippen LogP contribution >= 0.6 is 0 Å². The molecule has 2 bridgehead atoms. The molecule has 3 amide bonds. The molecule has 3 aliphatic heterocycles. The molecular formula is C39H52N4O5. The van der Waals surface area contributed by atoms with Crippen molar-refractivity contribution in [2.75, 3.05) is 49.1 Å². The second-order valence-corrected chi connectivity index (χ2v) is 13.6. The Morgan fingerprint density at radius 2 is 1.62 bits per heavy atom. The summed E-state index contributed by atoms with van der Waals surface area (Å²) in [5.41, 5.74) is 0.647. The maximum absolute atomic E-state index is 15.0. The fourth-order valence-electron chi connectivity index (χ4n) is 8.45. The molecule has 3 unspecified atom stereocenters. The van der Waals surface area contributed by atoms with Gasteiger partial charge in [-0.1, -0.05) is 49.4 Å². The summed E-state index contributed by atoms with van der Waals surface area (Å²) in [6, 6.07) is 16.8. The van der Waals surface area contributed by atoms with Crippen LogP contribution in [0.1, 0.15) is 52.5 Å². The first-order valence-electron chi connectivity index (χ1n) is 17.4. The van der Waals surface area contributed by atoms with Gasteiger partial charge in [-0.2, -0.15) is 0 Å². The summed E-state index contributed by atoms with van der Waals surface area (Å²) in [4.78, 5) is 51.7. The summed E-state index contributed by atoms with van der Waals surface area (Å²) in [6.45, 7) is 19.0. The van der Waals surface area contributed by atoms with E-state index < -0.39 is 29.1 Å². The summed E-state index contributed by atoms with van der Waals surface area (Å²) in [5.74, 6) is -2.29. The smallest absolute Gasteiger partial charge is 0.253 e. The molecular weight excluding hydrogens is 604 g/mol. The average Bonchev–Trinajstić information content (AvgIpc) is 3.60. The summed E-state index contributed by atoms with van der Waals surface area (Å²) in [7, 11) is 0. The van der Waals surface area contributed by atoms with Crippen LogP contribution in [0.5, 0.6) is 0 Å². The van der Waals surface area contributed by atoms with Crippen LogP contribution in [0.2, 0.25) is 0 Å². The van der Waals surface area contributed by atoms with Crippen LogP contribution in [0.3, 0.4) is 0 Å². The van der Waals surface area contributed by atoms with Gasteiger partial charge in [0.25, 0.3) is 5.91 Å². The van der Waals surface area contributed by atoms with Crippen LogP contribution in [-0.2, 0) is 25.7 Å². The molecule has 3 saturated heterocycles. The Labute approximate surface area is 285 Å². The highest BCUT2D eigenvalue weighted by Crippen LogP contribution is 2.65. The molecule has 0 aromatic heterocycles. The number of fused-ring (bicyclic) bond motifs is 1. The van der Waals surface area contributed by atoms with Crippen LogP contribution in [0.25, 0.3) is 0 Å². The molecule has 1 spiro atoms. The van der Waals surface area contributed by atoms with Crippen molar-refractivity contribution >= 4 is 29.1 Å². The van der Waals surface area contributed by atoms with Gasteiger partial charge in [-0.25, -0.2) is 0 Å². The molecule has 258 valence electrons. The Bertz CT molecular complexity index is 1480. The number of hydrogen-bond donors (Lipinski definition) is 1. The van der Waals surface area contributed by atoms with Gasteiger partial charge < -0.3 is 29.4 Å². The minimum Gasteiger partial charge on any atom is -0.396 e. The maximum atomic E-state index is 15.0. The molecule has 2 aromatic rings. The van der Waals surface area contributed by atoms with Gasteiger partial charge in [0.2, 0.25) is 11.8 Å². The highest BCUT2D eigenvalue weighted by atomic mass is 16.5. The summed E-state index contributed by atoms with van der Waals surface area (Å²) < 4.78 is 7.02. The third kappa shape index (κ3) is 6.07. The first kappa shape index (κ1) is 35.4. The molecule has 9 nitrogen and oxygen atoms in total. The molecule has 0 radical (unpaired) electrons. The van der Waals surface area contributed by atoms with E-state index in [-0.39, 0.29) is 43.3 Å². The number of likely N-dealkylation sites (tertiary alicyclic amines) is 1. The topological polar surface area (TPSA) is 93.6 Å². The van der Waals surface area contributed by atoms with E-state index in [9.17, 15) is 19.5 Å². The number of benzene rings is 2. The molecule has 0 saturated carbocycles. The highest BCUT2D eigenvalue weighted by molar-refractivity contribution is 6.05. The number of anilines is 2. The zero-order valence-electron chi connectivity index (χ0n) is 29.0. The number of unbranched alkanes of at least 4 members (excludes halogenated alkanes) is 1. The lowest BCUT2D eigenvalue weighted by Crippen LogP contribution is -2.57. The number of carbonyl (C=O) groups is 3. The van der Waals surface area contributed by atoms with Gasteiger partial charge in [-0.3, -0.25) is 14.4 Å². The highest BCUT2D eigenvalue weighted by Gasteiger charge is 2.80. The lowest BCUT2D eigenvalue weighted by Gasteiger charge is -2.39. The maximum Gasteiger partial charge on any atom is 0.253 e. The van der Waals surface area contributed by atoms with Gasteiger partial charge in [0, 0.05) is 57.3 Å². The third-order valence-electron chi connectivity index (χ3n) is 10.9. The van der Waals surface area contributed by atoms with E-state index in [2.05, 4.69) is 38.8 Å². The second-order valence-electron chi connectivity index (χ2n) is 13.6. The van der Waals surface area contributed by atoms with Crippen LogP contribution in [0.4, 0.5) is 11.4 Å². The zero-order chi connectivity index (χ0) is 34.6. The number of nitrogens with zero attached hydrogens (tertiary/aromatic N) is 4. The molecule has 0 aliphatic carbocycles. The van der Waals surface area contributed by atoms with Gasteiger partial charge in [0.15, 0.2) is 0 Å². The van der Waals surface area contributed by atoms with E-state index in [0.717, 1.165) is 24.3 Å². The first-order valence-corrected chi connectivity index (χ1v) is 17.4. The molecule has 5 rings (SSSR count). The fraction of sp³-hybridized carbons (Fsp3) is 0.513. The van der Waals surface area contributed by atoms with Crippen molar-refractivity contribution in [1.82, 2.24) is 9.80 Å². The van der Waals surface area contributed by atoms with Crippen LogP contribution < -0.4 is 9.80 Å². The van der Waals surface area contributed by atoms with Crippen molar-refractivity contribution in [2.45, 2.75) is 70.7 Å². The van der Waals surface area contributed by atoms with Crippen LogP contribution in [0.15, 0.2) is 79.9 Å². The largest absolute Gasteiger partial charge is 0.396 e. The Morgan fingerprint density at radius 1 is 0.979 bits per heavy atom. The molecule has 6 atom stereocenters. The van der Waals surface area contributed by atoms with Crippen molar-refractivity contribution in [1.29, 1.82) is 0 Å². The van der Waals surface area contributed by atoms with E-state index >= 15 is 0 Å². The van der Waals surface area contributed by atoms with E-state index in [0.29, 0.717) is 38.0 Å². The Morgan fingerprint density at radius 3 is 2.23 bits per heavy atom. The average molecular weight is 657 g/mol. The minimum absolute atomic E-state index is 0.0145. The van der Waals surface area contributed by atoms with Gasteiger partial charge in [0.05, 0.1) is 17.4 Å². The van der Waals surface area contributed by atoms with Gasteiger partial charge in [-0.15, -0.1) is 13.2 Å². The van der Waals surface area contributed by atoms with Crippen LogP contribution in [-0.4, -0.2) is 89.2 Å². The predicted molar refractivity (Wildman–Crippen MR) is 189 cm³/mol. The molecule has 3 heterocycles. The van der Waals surface area contributed by atoms with Crippen molar-refractivity contribution in [3.05, 3.63) is 85.5 Å². The number of amides is 3. The van der Waals surface area contributed by atoms with E-state index in [1.165, 1.54) is 0 Å². The number of ether oxygens (including phenoxy) is 1. The van der Waals surface area contributed by atoms with E-state index in [1.54, 1.807) is 26.9 Å². The lowest BCUT2D eigenvalue weighted by molar-refractivity contribution is -0.151. The van der Waals surface area contributed by atoms with E-state index in [4.69, 9.17) is 4.74 Å². The Balaban J connectivity index is 1.56. The van der Waals surface area contributed by atoms with Crippen LogP contribution in [0, 0.1) is 17.8 Å². The normalized spacial score (nSPS) is 27.1.